The van der Waals surface area contributed by atoms with Gasteiger partial charge >= 0.3 is 0 Å². The molecule has 4 rings (SSSR count). The van der Waals surface area contributed by atoms with Gasteiger partial charge in [0.15, 0.2) is 0 Å². The number of halogens is 1. The largest absolute Gasteiger partial charge is 0.396 e. The second kappa shape index (κ2) is 5.50. The SMILES string of the molecule is CC[C@@]1(CO)C[C@@H]2CC[C@H]1N2C(=O)c1cc2cccc(Cl)c2n1C. The van der Waals surface area contributed by atoms with Gasteiger partial charge in [-0.3, -0.25) is 4.79 Å². The average Bonchev–Trinajstić information content (AvgIpc) is 3.24. The molecule has 2 aliphatic rings. The molecule has 1 N–H and O–H groups in total. The molecule has 2 aromatic rings. The molecule has 1 amide bonds. The molecule has 2 fully saturated rings. The van der Waals surface area contributed by atoms with Gasteiger partial charge in [0, 0.05) is 29.9 Å². The molecule has 3 atom stereocenters. The van der Waals surface area contributed by atoms with Gasteiger partial charge < -0.3 is 14.6 Å². The van der Waals surface area contributed by atoms with E-state index in [1.807, 2.05) is 40.8 Å². The van der Waals surface area contributed by atoms with Gasteiger partial charge in [0.2, 0.25) is 0 Å². The molecule has 1 aromatic heterocycles. The summed E-state index contributed by atoms with van der Waals surface area (Å²) in [5.41, 5.74) is 1.46. The first-order valence-electron chi connectivity index (χ1n) is 8.70. The smallest absolute Gasteiger partial charge is 0.271 e. The highest BCUT2D eigenvalue weighted by atomic mass is 35.5. The molecule has 2 aliphatic heterocycles. The predicted octanol–water partition coefficient (Wildman–Crippen LogP) is 3.60. The molecule has 1 aromatic carbocycles. The van der Waals surface area contributed by atoms with Crippen LogP contribution in [0.5, 0.6) is 0 Å². The van der Waals surface area contributed by atoms with E-state index in [0.717, 1.165) is 36.6 Å². The first-order chi connectivity index (χ1) is 11.5. The van der Waals surface area contributed by atoms with E-state index in [2.05, 4.69) is 6.92 Å². The van der Waals surface area contributed by atoms with Crippen molar-refractivity contribution in [3.8, 4) is 0 Å². The number of hydrogen-bond donors (Lipinski definition) is 1. The fraction of sp³-hybridized carbons (Fsp3) is 0.526. The highest BCUT2D eigenvalue weighted by Gasteiger charge is 2.56. The second-order valence-electron chi connectivity index (χ2n) is 7.30. The third-order valence-electron chi connectivity index (χ3n) is 6.33. The number of aryl methyl sites for hydroxylation is 1. The average molecular weight is 347 g/mol. The van der Waals surface area contributed by atoms with Crippen LogP contribution in [0.2, 0.25) is 5.02 Å². The Morgan fingerprint density at radius 1 is 1.42 bits per heavy atom. The number of benzene rings is 1. The lowest BCUT2D eigenvalue weighted by molar-refractivity contribution is 0.0550. The van der Waals surface area contributed by atoms with Crippen LogP contribution in [0.3, 0.4) is 0 Å². The third-order valence-corrected chi connectivity index (χ3v) is 6.64. The minimum absolute atomic E-state index is 0.0704. The van der Waals surface area contributed by atoms with E-state index >= 15 is 0 Å². The van der Waals surface area contributed by atoms with E-state index in [9.17, 15) is 9.90 Å². The summed E-state index contributed by atoms with van der Waals surface area (Å²) in [7, 11) is 1.90. The van der Waals surface area contributed by atoms with Crippen molar-refractivity contribution in [3.05, 3.63) is 35.0 Å². The summed E-state index contributed by atoms with van der Waals surface area (Å²) in [4.78, 5) is 15.4. The molecule has 128 valence electrons. The van der Waals surface area contributed by atoms with Crippen LogP contribution in [0.4, 0.5) is 0 Å². The van der Waals surface area contributed by atoms with Crippen LogP contribution in [0.25, 0.3) is 10.9 Å². The summed E-state index contributed by atoms with van der Waals surface area (Å²) < 4.78 is 1.91. The van der Waals surface area contributed by atoms with Gasteiger partial charge in [-0.05, 0) is 37.8 Å². The van der Waals surface area contributed by atoms with Crippen molar-refractivity contribution in [3.63, 3.8) is 0 Å². The number of para-hydroxylation sites is 1. The van der Waals surface area contributed by atoms with Crippen molar-refractivity contribution in [2.45, 2.75) is 44.7 Å². The maximum atomic E-state index is 13.3. The monoisotopic (exact) mass is 346 g/mol. The highest BCUT2D eigenvalue weighted by Crippen LogP contribution is 2.52. The normalized spacial score (nSPS) is 28.9. The topological polar surface area (TPSA) is 45.5 Å². The van der Waals surface area contributed by atoms with Crippen LogP contribution >= 0.6 is 11.6 Å². The van der Waals surface area contributed by atoms with E-state index < -0.39 is 0 Å². The maximum absolute atomic E-state index is 13.3. The molecule has 0 spiro atoms. The Kier molecular flexibility index (Phi) is 3.66. The van der Waals surface area contributed by atoms with Crippen LogP contribution in [0, 0.1) is 5.41 Å². The third kappa shape index (κ3) is 1.99. The number of aliphatic hydroxyl groups excluding tert-OH is 1. The highest BCUT2D eigenvalue weighted by molar-refractivity contribution is 6.35. The van der Waals surface area contributed by atoms with Crippen molar-refractivity contribution in [1.29, 1.82) is 0 Å². The molecular formula is C19H23ClN2O2. The first kappa shape index (κ1) is 16.0. The molecule has 2 bridgehead atoms. The van der Waals surface area contributed by atoms with Crippen molar-refractivity contribution < 1.29 is 9.90 Å². The minimum atomic E-state index is -0.124. The van der Waals surface area contributed by atoms with Crippen molar-refractivity contribution in [2.75, 3.05) is 6.61 Å². The maximum Gasteiger partial charge on any atom is 0.271 e. The quantitative estimate of drug-likeness (QED) is 0.923. The van der Waals surface area contributed by atoms with Crippen LogP contribution in [-0.2, 0) is 7.05 Å². The van der Waals surface area contributed by atoms with Gasteiger partial charge in [0.1, 0.15) is 5.69 Å². The molecule has 0 unspecified atom stereocenters. The molecule has 4 nitrogen and oxygen atoms in total. The zero-order valence-corrected chi connectivity index (χ0v) is 14.9. The fourth-order valence-electron chi connectivity index (χ4n) is 4.96. The van der Waals surface area contributed by atoms with E-state index in [1.165, 1.54) is 0 Å². The van der Waals surface area contributed by atoms with Gasteiger partial charge in [-0.1, -0.05) is 30.7 Å². The summed E-state index contributed by atoms with van der Waals surface area (Å²) >= 11 is 6.32. The molecule has 0 radical (unpaired) electrons. The van der Waals surface area contributed by atoms with Crippen LogP contribution in [0.15, 0.2) is 24.3 Å². The molecule has 0 aliphatic carbocycles. The molecule has 2 saturated heterocycles. The van der Waals surface area contributed by atoms with Gasteiger partial charge in [0.25, 0.3) is 5.91 Å². The Balaban J connectivity index is 1.75. The Labute approximate surface area is 147 Å². The van der Waals surface area contributed by atoms with Crippen molar-refractivity contribution >= 4 is 28.4 Å². The summed E-state index contributed by atoms with van der Waals surface area (Å²) in [6.45, 7) is 2.28. The number of fused-ring (bicyclic) bond motifs is 3. The minimum Gasteiger partial charge on any atom is -0.396 e. The number of rotatable bonds is 3. The van der Waals surface area contributed by atoms with E-state index in [0.29, 0.717) is 10.7 Å². The summed E-state index contributed by atoms with van der Waals surface area (Å²) in [6.07, 6.45) is 3.87. The standard InChI is InChI=1S/C19H23ClN2O2/c1-3-19(11-23)10-13-7-8-16(19)22(13)18(24)15-9-12-5-4-6-14(20)17(12)21(15)2/h4-6,9,13,16,23H,3,7-8,10-11H2,1-2H3/t13-,16+,19-/m0/s1. The van der Waals surface area contributed by atoms with Gasteiger partial charge in [-0.15, -0.1) is 0 Å². The zero-order valence-electron chi connectivity index (χ0n) is 14.1. The Morgan fingerprint density at radius 3 is 2.83 bits per heavy atom. The zero-order chi connectivity index (χ0) is 17.1. The van der Waals surface area contributed by atoms with Gasteiger partial charge in [-0.2, -0.15) is 0 Å². The number of carbonyl (C=O) groups is 1. The van der Waals surface area contributed by atoms with Crippen LogP contribution in [-0.4, -0.2) is 39.2 Å². The lowest BCUT2D eigenvalue weighted by atomic mass is 9.72. The predicted molar refractivity (Wildman–Crippen MR) is 95.3 cm³/mol. The molecule has 5 heteroatoms. The fourth-order valence-corrected chi connectivity index (χ4v) is 5.27. The summed E-state index contributed by atoms with van der Waals surface area (Å²) in [6, 6.07) is 8.09. The van der Waals surface area contributed by atoms with Crippen LogP contribution in [0.1, 0.15) is 43.1 Å². The summed E-state index contributed by atoms with van der Waals surface area (Å²) in [5.74, 6) is 0.0704. The number of aromatic nitrogens is 1. The van der Waals surface area contributed by atoms with E-state index in [-0.39, 0.29) is 30.0 Å². The molecule has 0 saturated carbocycles. The van der Waals surface area contributed by atoms with Gasteiger partial charge in [0.05, 0.1) is 17.1 Å². The molecule has 24 heavy (non-hydrogen) atoms. The molecular weight excluding hydrogens is 324 g/mol. The number of carbonyl (C=O) groups excluding carboxylic acids is 1. The van der Waals surface area contributed by atoms with Crippen LogP contribution < -0.4 is 0 Å². The Morgan fingerprint density at radius 2 is 2.21 bits per heavy atom. The van der Waals surface area contributed by atoms with E-state index in [4.69, 9.17) is 11.6 Å². The lowest BCUT2D eigenvalue weighted by Crippen LogP contribution is -2.42. The number of nitrogens with zero attached hydrogens (tertiary/aromatic N) is 2. The first-order valence-corrected chi connectivity index (χ1v) is 9.07. The number of amides is 1. The van der Waals surface area contributed by atoms with Crippen molar-refractivity contribution in [2.24, 2.45) is 12.5 Å². The summed E-state index contributed by atoms with van der Waals surface area (Å²) in [5, 5.41) is 11.6. The van der Waals surface area contributed by atoms with E-state index in [1.54, 1.807) is 0 Å². The Bertz CT molecular complexity index is 809. The second-order valence-corrected chi connectivity index (χ2v) is 7.71. The Hall–Kier alpha value is -1.52. The number of hydrogen-bond acceptors (Lipinski definition) is 2. The molecule has 3 heterocycles. The van der Waals surface area contributed by atoms with Crippen molar-refractivity contribution in [1.82, 2.24) is 9.47 Å². The van der Waals surface area contributed by atoms with Gasteiger partial charge in [-0.25, -0.2) is 0 Å². The number of aliphatic hydroxyl groups is 1. The lowest BCUT2D eigenvalue weighted by Gasteiger charge is -2.34.